The fourth-order valence-corrected chi connectivity index (χ4v) is 6.46. The minimum Gasteiger partial charge on any atom is -0.366 e. The summed E-state index contributed by atoms with van der Waals surface area (Å²) >= 11 is 12.3. The average Bonchev–Trinajstić information content (AvgIpc) is 3.38. The van der Waals surface area contributed by atoms with E-state index in [2.05, 4.69) is 16.0 Å². The first-order chi connectivity index (χ1) is 19.3. The van der Waals surface area contributed by atoms with Crippen LogP contribution in [0.4, 0.5) is 20.2 Å². The van der Waals surface area contributed by atoms with E-state index in [4.69, 9.17) is 28.9 Å². The first-order valence-corrected chi connectivity index (χ1v) is 13.7. The van der Waals surface area contributed by atoms with Crippen molar-refractivity contribution in [3.8, 4) is 0 Å². The predicted molar refractivity (Wildman–Crippen MR) is 154 cm³/mol. The lowest BCUT2D eigenvalue weighted by Gasteiger charge is -2.37. The maximum Gasteiger partial charge on any atom is 0.248 e. The number of rotatable bonds is 5. The summed E-state index contributed by atoms with van der Waals surface area (Å²) in [6.45, 7) is 5.92. The summed E-state index contributed by atoms with van der Waals surface area (Å²) in [6, 6.07) is 11.4. The molecule has 214 valence electrons. The second-order valence-corrected chi connectivity index (χ2v) is 12.4. The molecule has 0 bridgehead atoms. The number of fused-ring (bicyclic) bond motifs is 2. The smallest absolute Gasteiger partial charge is 0.248 e. The molecule has 3 aromatic carbocycles. The van der Waals surface area contributed by atoms with Crippen molar-refractivity contribution in [2.45, 2.75) is 50.6 Å². The molecule has 1 saturated heterocycles. The first kappa shape index (κ1) is 29.0. The largest absolute Gasteiger partial charge is 0.366 e. The minimum absolute atomic E-state index is 0.0315. The Morgan fingerprint density at radius 3 is 2.29 bits per heavy atom. The molecule has 1 spiro atoms. The average molecular weight is 601 g/mol. The number of hydrogen-bond acceptors (Lipinski definition) is 4. The zero-order valence-electron chi connectivity index (χ0n) is 22.4. The van der Waals surface area contributed by atoms with Gasteiger partial charge in [0.15, 0.2) is 5.82 Å². The van der Waals surface area contributed by atoms with Crippen LogP contribution in [0.3, 0.4) is 0 Å². The molecule has 5 N–H and O–H groups in total. The molecule has 2 aliphatic heterocycles. The van der Waals surface area contributed by atoms with Gasteiger partial charge in [0.2, 0.25) is 17.7 Å². The Hall–Kier alpha value is -3.53. The Morgan fingerprint density at radius 2 is 1.66 bits per heavy atom. The molecule has 0 aromatic heterocycles. The number of hydrogen-bond donors (Lipinski definition) is 4. The van der Waals surface area contributed by atoms with Gasteiger partial charge in [-0.05, 0) is 59.4 Å². The van der Waals surface area contributed by atoms with Crippen LogP contribution in [0.2, 0.25) is 10.0 Å². The highest BCUT2D eigenvalue weighted by atomic mass is 35.5. The van der Waals surface area contributed by atoms with Crippen LogP contribution in [-0.4, -0.2) is 29.8 Å². The normalized spacial score (nSPS) is 23.4. The third-order valence-electron chi connectivity index (χ3n) is 7.76. The Morgan fingerprint density at radius 1 is 1.00 bits per heavy atom. The Kier molecular flexibility index (Phi) is 7.34. The molecule has 7 nitrogen and oxygen atoms in total. The summed E-state index contributed by atoms with van der Waals surface area (Å²) in [5.41, 5.74) is 4.19. The van der Waals surface area contributed by atoms with E-state index in [0.29, 0.717) is 12.1 Å². The monoisotopic (exact) mass is 600 g/mol. The summed E-state index contributed by atoms with van der Waals surface area (Å²) in [6.07, 6.45) is 0.375. The SMILES string of the molecule is CC(C)(C)CC1NC(C(=O)Nc2ccc(C(N)=O)cc2)C(c2cccc(Cl)c2F)C12C(=O)Nc1c2ccc(Cl)c1F. The van der Waals surface area contributed by atoms with Gasteiger partial charge in [0.05, 0.1) is 21.8 Å². The number of amides is 3. The van der Waals surface area contributed by atoms with Crippen LogP contribution in [0.1, 0.15) is 54.6 Å². The number of nitrogens with two attached hydrogens (primary N) is 1. The van der Waals surface area contributed by atoms with Crippen molar-refractivity contribution < 1.29 is 23.2 Å². The molecule has 2 heterocycles. The number of nitrogens with one attached hydrogen (secondary N) is 3. The van der Waals surface area contributed by atoms with E-state index >= 15 is 8.78 Å². The van der Waals surface area contributed by atoms with Gasteiger partial charge in [0, 0.05) is 23.2 Å². The van der Waals surface area contributed by atoms with Crippen LogP contribution < -0.4 is 21.7 Å². The van der Waals surface area contributed by atoms with E-state index in [1.807, 2.05) is 20.8 Å². The first-order valence-electron chi connectivity index (χ1n) is 13.0. The van der Waals surface area contributed by atoms with E-state index in [9.17, 15) is 14.4 Å². The molecule has 4 atom stereocenters. The minimum atomic E-state index is -1.60. The molecule has 3 amide bonds. The lowest BCUT2D eigenvalue weighted by atomic mass is 9.62. The quantitative estimate of drug-likeness (QED) is 0.298. The van der Waals surface area contributed by atoms with Crippen molar-refractivity contribution in [2.24, 2.45) is 11.1 Å². The third kappa shape index (κ3) is 4.86. The lowest BCUT2D eigenvalue weighted by molar-refractivity contribution is -0.122. The van der Waals surface area contributed by atoms with Crippen LogP contribution >= 0.6 is 23.2 Å². The second kappa shape index (κ2) is 10.4. The van der Waals surface area contributed by atoms with E-state index in [1.54, 1.807) is 12.1 Å². The van der Waals surface area contributed by atoms with Crippen LogP contribution in [0, 0.1) is 17.0 Å². The van der Waals surface area contributed by atoms with Crippen molar-refractivity contribution in [3.05, 3.63) is 93.0 Å². The zero-order valence-corrected chi connectivity index (χ0v) is 24.0. The van der Waals surface area contributed by atoms with Crippen LogP contribution in [0.15, 0.2) is 54.6 Å². The van der Waals surface area contributed by atoms with Gasteiger partial charge in [0.25, 0.3) is 0 Å². The Labute approximate surface area is 245 Å². The summed E-state index contributed by atoms with van der Waals surface area (Å²) in [5.74, 6) is -4.50. The predicted octanol–water partition coefficient (Wildman–Crippen LogP) is 5.76. The highest BCUT2D eigenvalue weighted by molar-refractivity contribution is 6.31. The maximum atomic E-state index is 15.8. The Balaban J connectivity index is 1.71. The molecule has 4 unspecified atom stereocenters. The summed E-state index contributed by atoms with van der Waals surface area (Å²) in [5, 5.41) is 8.40. The van der Waals surface area contributed by atoms with Gasteiger partial charge in [-0.15, -0.1) is 0 Å². The Bertz CT molecular complexity index is 1580. The lowest BCUT2D eigenvalue weighted by Crippen LogP contribution is -2.49. The fraction of sp³-hybridized carbons (Fsp3) is 0.300. The number of carbonyl (C=O) groups excluding carboxylic acids is 3. The summed E-state index contributed by atoms with van der Waals surface area (Å²) in [7, 11) is 0. The number of carbonyl (C=O) groups is 3. The molecule has 41 heavy (non-hydrogen) atoms. The standard InChI is InChI=1S/C30H28Cl2F2N4O3/c1-29(2,3)13-20-30(17-11-12-19(32)23(34)24(17)38-28(30)41)21(16-5-4-6-18(31)22(16)33)25(37-20)27(40)36-15-9-7-14(8-10-15)26(35)39/h4-12,20-21,25,37H,13H2,1-3H3,(H2,35,39)(H,36,40)(H,38,41). The van der Waals surface area contributed by atoms with Crippen molar-refractivity contribution >= 4 is 52.3 Å². The van der Waals surface area contributed by atoms with E-state index in [1.165, 1.54) is 42.5 Å². The highest BCUT2D eigenvalue weighted by Crippen LogP contribution is 2.57. The highest BCUT2D eigenvalue weighted by Gasteiger charge is 2.66. The molecule has 5 rings (SSSR count). The number of halogens is 4. The van der Waals surface area contributed by atoms with E-state index in [0.717, 1.165) is 0 Å². The van der Waals surface area contributed by atoms with Gasteiger partial charge < -0.3 is 21.7 Å². The maximum absolute atomic E-state index is 15.8. The van der Waals surface area contributed by atoms with Gasteiger partial charge in [0.1, 0.15) is 11.2 Å². The van der Waals surface area contributed by atoms with Crippen molar-refractivity contribution in [1.82, 2.24) is 5.32 Å². The number of anilines is 2. The van der Waals surface area contributed by atoms with Gasteiger partial charge >= 0.3 is 0 Å². The van der Waals surface area contributed by atoms with E-state index in [-0.39, 0.29) is 37.8 Å². The van der Waals surface area contributed by atoms with Crippen molar-refractivity contribution in [3.63, 3.8) is 0 Å². The number of benzene rings is 3. The number of primary amides is 1. The second-order valence-electron chi connectivity index (χ2n) is 11.6. The third-order valence-corrected chi connectivity index (χ3v) is 8.35. The van der Waals surface area contributed by atoms with Crippen molar-refractivity contribution in [2.75, 3.05) is 10.6 Å². The van der Waals surface area contributed by atoms with Gasteiger partial charge in [-0.25, -0.2) is 8.78 Å². The van der Waals surface area contributed by atoms with E-state index < -0.39 is 52.8 Å². The molecule has 11 heteroatoms. The molecule has 0 aliphatic carbocycles. The summed E-state index contributed by atoms with van der Waals surface area (Å²) in [4.78, 5) is 39.6. The molecule has 0 saturated carbocycles. The molecular weight excluding hydrogens is 573 g/mol. The molecule has 1 fully saturated rings. The van der Waals surface area contributed by atoms with Crippen LogP contribution in [-0.2, 0) is 15.0 Å². The zero-order chi connectivity index (χ0) is 29.9. The molecule has 2 aliphatic rings. The molecular formula is C30H28Cl2F2N4O3. The van der Waals surface area contributed by atoms with Gasteiger partial charge in [-0.1, -0.05) is 62.2 Å². The summed E-state index contributed by atoms with van der Waals surface area (Å²) < 4.78 is 31.1. The van der Waals surface area contributed by atoms with Crippen LogP contribution in [0.5, 0.6) is 0 Å². The molecule has 0 radical (unpaired) electrons. The molecule has 3 aromatic rings. The topological polar surface area (TPSA) is 113 Å². The van der Waals surface area contributed by atoms with Gasteiger partial charge in [-0.2, -0.15) is 0 Å². The van der Waals surface area contributed by atoms with Crippen molar-refractivity contribution in [1.29, 1.82) is 0 Å². The van der Waals surface area contributed by atoms with Gasteiger partial charge in [-0.3, -0.25) is 14.4 Å². The fourth-order valence-electron chi connectivity index (χ4n) is 6.12. The van der Waals surface area contributed by atoms with Crippen LogP contribution in [0.25, 0.3) is 0 Å².